The Kier molecular flexibility index (Phi) is 3.73. The summed E-state index contributed by atoms with van der Waals surface area (Å²) < 4.78 is 5.66. The molecule has 0 N–H and O–H groups in total. The lowest BCUT2D eigenvalue weighted by molar-refractivity contribution is 0.599. The zero-order valence-electron chi connectivity index (χ0n) is 9.92. The van der Waals surface area contributed by atoms with E-state index in [0.29, 0.717) is 0 Å². The molecule has 0 unspecified atom stereocenters. The minimum Gasteiger partial charge on any atom is -0.456 e. The normalized spacial score (nSPS) is 9.60. The molecule has 0 bridgehead atoms. The maximum Gasteiger partial charge on any atom is 0.137 e. The van der Waals surface area contributed by atoms with E-state index in [9.17, 15) is 0 Å². The van der Waals surface area contributed by atoms with Gasteiger partial charge in [-0.25, -0.2) is 0 Å². The van der Waals surface area contributed by atoms with E-state index < -0.39 is 0 Å². The summed E-state index contributed by atoms with van der Waals surface area (Å²) in [5, 5.41) is 1.19. The third kappa shape index (κ3) is 1.96. The maximum atomic E-state index is 5.66. The molecule has 0 aliphatic carbocycles. The Labute approximate surface area is 91.4 Å². The predicted octanol–water partition coefficient (Wildman–Crippen LogP) is 4.72. The van der Waals surface area contributed by atoms with Gasteiger partial charge in [0.05, 0.1) is 0 Å². The fourth-order valence-electron chi connectivity index (χ4n) is 1.60. The van der Waals surface area contributed by atoms with Gasteiger partial charge >= 0.3 is 0 Å². The summed E-state index contributed by atoms with van der Waals surface area (Å²) in [4.78, 5) is 0. The van der Waals surface area contributed by atoms with Gasteiger partial charge in [-0.3, -0.25) is 0 Å². The number of fused-ring (bicyclic) bond motifs is 1. The van der Waals surface area contributed by atoms with Crippen LogP contribution in [0.25, 0.3) is 17.0 Å². The van der Waals surface area contributed by atoms with Gasteiger partial charge in [0, 0.05) is 10.9 Å². The van der Waals surface area contributed by atoms with E-state index in [-0.39, 0.29) is 0 Å². The topological polar surface area (TPSA) is 13.1 Å². The van der Waals surface area contributed by atoms with Crippen molar-refractivity contribution in [2.45, 2.75) is 27.7 Å². The molecule has 1 nitrogen and oxygen atoms in total. The molecule has 0 aliphatic heterocycles. The Hall–Kier alpha value is -1.50. The molecular weight excluding hydrogens is 184 g/mol. The van der Waals surface area contributed by atoms with Crippen molar-refractivity contribution in [3.8, 4) is 0 Å². The first-order chi connectivity index (χ1) is 7.24. The van der Waals surface area contributed by atoms with Crippen LogP contribution in [0, 0.1) is 13.8 Å². The lowest BCUT2D eigenvalue weighted by atomic mass is 10.1. The fourth-order valence-corrected chi connectivity index (χ4v) is 1.60. The van der Waals surface area contributed by atoms with Crippen LogP contribution in [0.3, 0.4) is 0 Å². The number of hydrogen-bond acceptors (Lipinski definition) is 1. The first kappa shape index (κ1) is 11.6. The largest absolute Gasteiger partial charge is 0.456 e. The minimum absolute atomic E-state index is 0.879. The Bertz CT molecular complexity index is 463. The van der Waals surface area contributed by atoms with Gasteiger partial charge in [0.1, 0.15) is 11.3 Å². The standard InChI is InChI=1S/C12H12O.C2H6/c1-4-11-9(3)10-7-5-6-8(2)12(10)13-11;1-2/h4-7H,1H2,2-3H3;1-2H3. The van der Waals surface area contributed by atoms with Crippen molar-refractivity contribution in [2.75, 3.05) is 0 Å². The van der Waals surface area contributed by atoms with E-state index >= 15 is 0 Å². The number of hydrogen-bond donors (Lipinski definition) is 0. The van der Waals surface area contributed by atoms with Gasteiger partial charge in [0.25, 0.3) is 0 Å². The van der Waals surface area contributed by atoms with Crippen molar-refractivity contribution in [2.24, 2.45) is 0 Å². The highest BCUT2D eigenvalue weighted by Gasteiger charge is 2.08. The Morgan fingerprint density at radius 1 is 1.20 bits per heavy atom. The third-order valence-electron chi connectivity index (χ3n) is 2.38. The zero-order valence-corrected chi connectivity index (χ0v) is 9.92. The Morgan fingerprint density at radius 2 is 1.87 bits per heavy atom. The van der Waals surface area contributed by atoms with Crippen LogP contribution in [-0.4, -0.2) is 0 Å². The molecule has 15 heavy (non-hydrogen) atoms. The molecule has 0 aliphatic rings. The van der Waals surface area contributed by atoms with Crippen molar-refractivity contribution in [3.63, 3.8) is 0 Å². The number of rotatable bonds is 1. The molecule has 1 aromatic heterocycles. The SMILES string of the molecule is C=Cc1oc2c(C)cccc2c1C.CC. The highest BCUT2D eigenvalue weighted by atomic mass is 16.3. The molecule has 0 saturated carbocycles. The lowest BCUT2D eigenvalue weighted by Gasteiger charge is -1.92. The molecule has 0 amide bonds. The maximum absolute atomic E-state index is 5.66. The quantitative estimate of drug-likeness (QED) is 0.652. The van der Waals surface area contributed by atoms with Crippen molar-refractivity contribution in [1.82, 2.24) is 0 Å². The van der Waals surface area contributed by atoms with Crippen LogP contribution >= 0.6 is 0 Å². The number of para-hydroxylation sites is 1. The predicted molar refractivity (Wildman–Crippen MR) is 67.1 cm³/mol. The molecule has 0 saturated heterocycles. The van der Waals surface area contributed by atoms with E-state index in [1.165, 1.54) is 16.5 Å². The molecule has 1 heteroatoms. The molecule has 2 rings (SSSR count). The van der Waals surface area contributed by atoms with E-state index in [2.05, 4.69) is 32.6 Å². The molecule has 0 atom stereocenters. The van der Waals surface area contributed by atoms with Gasteiger partial charge in [-0.15, -0.1) is 0 Å². The zero-order chi connectivity index (χ0) is 11.4. The molecule has 2 aromatic rings. The highest BCUT2D eigenvalue weighted by Crippen LogP contribution is 2.27. The van der Waals surface area contributed by atoms with Gasteiger partial charge in [0.15, 0.2) is 0 Å². The second-order valence-electron chi connectivity index (χ2n) is 3.25. The van der Waals surface area contributed by atoms with Gasteiger partial charge in [-0.2, -0.15) is 0 Å². The van der Waals surface area contributed by atoms with Crippen LogP contribution in [0.1, 0.15) is 30.7 Å². The molecular formula is C14H18O. The van der Waals surface area contributed by atoms with Crippen LogP contribution in [0.2, 0.25) is 0 Å². The lowest BCUT2D eigenvalue weighted by Crippen LogP contribution is -1.72. The number of furan rings is 1. The summed E-state index contributed by atoms with van der Waals surface area (Å²) >= 11 is 0. The molecule has 0 spiro atoms. The minimum atomic E-state index is 0.879. The van der Waals surface area contributed by atoms with Crippen molar-refractivity contribution in [3.05, 3.63) is 41.7 Å². The molecule has 80 valence electrons. The molecule has 1 heterocycles. The fraction of sp³-hybridized carbons (Fsp3) is 0.286. The second kappa shape index (κ2) is 4.83. The van der Waals surface area contributed by atoms with Crippen molar-refractivity contribution < 1.29 is 4.42 Å². The third-order valence-corrected chi connectivity index (χ3v) is 2.38. The molecule has 0 fully saturated rings. The average molecular weight is 202 g/mol. The molecule has 0 radical (unpaired) electrons. The smallest absolute Gasteiger partial charge is 0.137 e. The van der Waals surface area contributed by atoms with E-state index in [0.717, 1.165) is 11.3 Å². The number of benzene rings is 1. The van der Waals surface area contributed by atoms with Crippen LogP contribution in [-0.2, 0) is 0 Å². The Balaban J connectivity index is 0.000000531. The second-order valence-corrected chi connectivity index (χ2v) is 3.25. The van der Waals surface area contributed by atoms with Gasteiger partial charge in [0.2, 0.25) is 0 Å². The summed E-state index contributed by atoms with van der Waals surface area (Å²) in [5.74, 6) is 0.879. The van der Waals surface area contributed by atoms with Gasteiger partial charge in [-0.05, 0) is 25.5 Å². The van der Waals surface area contributed by atoms with Gasteiger partial charge in [-0.1, -0.05) is 38.6 Å². The van der Waals surface area contributed by atoms with E-state index in [4.69, 9.17) is 4.42 Å². The van der Waals surface area contributed by atoms with Gasteiger partial charge < -0.3 is 4.42 Å². The first-order valence-electron chi connectivity index (χ1n) is 5.35. The van der Waals surface area contributed by atoms with E-state index in [1.54, 1.807) is 6.08 Å². The van der Waals surface area contributed by atoms with Crippen molar-refractivity contribution >= 4 is 17.0 Å². The Morgan fingerprint density at radius 3 is 2.40 bits per heavy atom. The summed E-state index contributed by atoms with van der Waals surface area (Å²) in [6.07, 6.45) is 1.76. The van der Waals surface area contributed by atoms with Crippen LogP contribution < -0.4 is 0 Å². The van der Waals surface area contributed by atoms with E-state index in [1.807, 2.05) is 19.9 Å². The number of aryl methyl sites for hydroxylation is 2. The van der Waals surface area contributed by atoms with Crippen molar-refractivity contribution in [1.29, 1.82) is 0 Å². The summed E-state index contributed by atoms with van der Waals surface area (Å²) in [7, 11) is 0. The van der Waals surface area contributed by atoms with Crippen LogP contribution in [0.4, 0.5) is 0 Å². The summed E-state index contributed by atoms with van der Waals surface area (Å²) in [6.45, 7) is 11.8. The first-order valence-corrected chi connectivity index (χ1v) is 5.35. The summed E-state index contributed by atoms with van der Waals surface area (Å²) in [5.41, 5.74) is 3.33. The summed E-state index contributed by atoms with van der Waals surface area (Å²) in [6, 6.07) is 6.18. The highest BCUT2D eigenvalue weighted by molar-refractivity contribution is 5.86. The monoisotopic (exact) mass is 202 g/mol. The van der Waals surface area contributed by atoms with Crippen LogP contribution in [0.5, 0.6) is 0 Å². The van der Waals surface area contributed by atoms with Crippen LogP contribution in [0.15, 0.2) is 29.2 Å². The average Bonchev–Trinajstić information content (AvgIpc) is 2.61. The molecule has 1 aromatic carbocycles.